The molecule has 0 spiro atoms. The van der Waals surface area contributed by atoms with E-state index in [9.17, 15) is 4.79 Å². The van der Waals surface area contributed by atoms with Gasteiger partial charge in [0, 0.05) is 5.92 Å². The van der Waals surface area contributed by atoms with Crippen LogP contribution >= 0.6 is 11.3 Å². The number of benzene rings is 1. The van der Waals surface area contributed by atoms with Crippen LogP contribution in [0.5, 0.6) is 0 Å². The first-order chi connectivity index (χ1) is 12.1. The van der Waals surface area contributed by atoms with Crippen molar-refractivity contribution >= 4 is 23.1 Å². The third-order valence-corrected chi connectivity index (χ3v) is 5.84. The average Bonchev–Trinajstić information content (AvgIpc) is 3.28. The maximum atomic E-state index is 10.7. The summed E-state index contributed by atoms with van der Waals surface area (Å²) in [5.74, 6) is 0.596. The summed E-state index contributed by atoms with van der Waals surface area (Å²) in [4.78, 5) is 21.4. The summed E-state index contributed by atoms with van der Waals surface area (Å²) < 4.78 is 0. The van der Waals surface area contributed by atoms with Crippen LogP contribution in [0.1, 0.15) is 61.7 Å². The SMILES string of the molecule is CCc1nc(C2CCCC2)c(-c2ccc(C(C)=NOC(N)=O)cc2)s1. The van der Waals surface area contributed by atoms with Crippen LogP contribution in [0, 0.1) is 0 Å². The van der Waals surface area contributed by atoms with Crippen molar-refractivity contribution in [3.05, 3.63) is 40.5 Å². The molecule has 0 unspecified atom stereocenters. The quantitative estimate of drug-likeness (QED) is 0.472. The van der Waals surface area contributed by atoms with Crippen molar-refractivity contribution in [2.45, 2.75) is 51.9 Å². The van der Waals surface area contributed by atoms with Gasteiger partial charge in [-0.1, -0.05) is 49.2 Å². The molecule has 0 aliphatic heterocycles. The lowest BCUT2D eigenvalue weighted by molar-refractivity contribution is 0.161. The second-order valence-corrected chi connectivity index (χ2v) is 7.40. The Labute approximate surface area is 151 Å². The fourth-order valence-electron chi connectivity index (χ4n) is 3.24. The molecule has 0 saturated heterocycles. The second-order valence-electron chi connectivity index (χ2n) is 6.32. The fraction of sp³-hybridized carbons (Fsp3) is 0.421. The van der Waals surface area contributed by atoms with E-state index in [1.165, 1.54) is 46.8 Å². The summed E-state index contributed by atoms with van der Waals surface area (Å²) >= 11 is 1.80. The molecule has 25 heavy (non-hydrogen) atoms. The van der Waals surface area contributed by atoms with Gasteiger partial charge in [0.1, 0.15) is 0 Å². The molecule has 1 aliphatic carbocycles. The lowest BCUT2D eigenvalue weighted by Crippen LogP contribution is -2.10. The molecule has 5 nitrogen and oxygen atoms in total. The smallest absolute Gasteiger partial charge is 0.333 e. The lowest BCUT2D eigenvalue weighted by atomic mass is 9.99. The van der Waals surface area contributed by atoms with Gasteiger partial charge in [0.15, 0.2) is 0 Å². The Morgan fingerprint density at radius 1 is 1.32 bits per heavy atom. The molecule has 132 valence electrons. The molecule has 0 radical (unpaired) electrons. The van der Waals surface area contributed by atoms with Gasteiger partial charge in [-0.25, -0.2) is 9.78 Å². The van der Waals surface area contributed by atoms with Crippen molar-refractivity contribution in [3.63, 3.8) is 0 Å². The minimum absolute atomic E-state index is 0.596. The number of carbonyl (C=O) groups is 1. The first-order valence-corrected chi connectivity index (χ1v) is 9.51. The molecule has 1 aromatic carbocycles. The summed E-state index contributed by atoms with van der Waals surface area (Å²) in [7, 11) is 0. The topological polar surface area (TPSA) is 77.6 Å². The molecule has 1 saturated carbocycles. The van der Waals surface area contributed by atoms with Crippen LogP contribution in [0.3, 0.4) is 0 Å². The first kappa shape index (κ1) is 17.6. The zero-order chi connectivity index (χ0) is 17.8. The van der Waals surface area contributed by atoms with Gasteiger partial charge in [-0.2, -0.15) is 0 Å². The maximum Gasteiger partial charge on any atom is 0.430 e. The Hall–Kier alpha value is -2.21. The molecule has 3 rings (SSSR count). The van der Waals surface area contributed by atoms with E-state index >= 15 is 0 Å². The van der Waals surface area contributed by atoms with Gasteiger partial charge in [-0.15, -0.1) is 11.3 Å². The number of nitrogens with zero attached hydrogens (tertiary/aromatic N) is 2. The summed E-state index contributed by atoms with van der Waals surface area (Å²) in [6.07, 6.45) is 5.16. The Morgan fingerprint density at radius 2 is 2.00 bits per heavy atom. The molecule has 1 aliphatic rings. The van der Waals surface area contributed by atoms with Crippen molar-refractivity contribution in [1.29, 1.82) is 0 Å². The highest BCUT2D eigenvalue weighted by Crippen LogP contribution is 2.41. The predicted molar refractivity (Wildman–Crippen MR) is 101 cm³/mol. The number of nitrogens with two attached hydrogens (primary N) is 1. The molecule has 1 amide bonds. The van der Waals surface area contributed by atoms with E-state index in [2.05, 4.69) is 29.0 Å². The van der Waals surface area contributed by atoms with E-state index in [4.69, 9.17) is 10.7 Å². The Bertz CT molecular complexity index is 774. The number of aryl methyl sites for hydroxylation is 1. The van der Waals surface area contributed by atoms with Gasteiger partial charge < -0.3 is 5.73 Å². The Balaban J connectivity index is 1.88. The minimum atomic E-state index is -0.908. The number of thiazole rings is 1. The molecule has 1 heterocycles. The molecular formula is C19H23N3O2S. The molecule has 2 N–H and O–H groups in total. The first-order valence-electron chi connectivity index (χ1n) is 8.70. The Kier molecular flexibility index (Phi) is 5.48. The monoisotopic (exact) mass is 357 g/mol. The van der Waals surface area contributed by atoms with Crippen LogP contribution < -0.4 is 5.73 Å². The number of hydrogen-bond donors (Lipinski definition) is 1. The average molecular weight is 357 g/mol. The number of amides is 1. The molecule has 2 aromatic rings. The van der Waals surface area contributed by atoms with E-state index in [1.807, 2.05) is 12.1 Å². The summed E-state index contributed by atoms with van der Waals surface area (Å²) in [5.41, 5.74) is 8.90. The summed E-state index contributed by atoms with van der Waals surface area (Å²) in [6, 6.07) is 8.15. The van der Waals surface area contributed by atoms with Gasteiger partial charge in [0.05, 0.1) is 21.3 Å². The standard InChI is InChI=1S/C19H23N3O2S/c1-3-16-21-17(14-6-4-5-7-14)18(25-16)15-10-8-13(9-11-15)12(2)22-24-19(20)23/h8-11,14H,3-7H2,1-2H3,(H2,20,23). The van der Waals surface area contributed by atoms with E-state index in [-0.39, 0.29) is 0 Å². The van der Waals surface area contributed by atoms with Crippen LogP contribution in [0.15, 0.2) is 29.4 Å². The number of carbonyl (C=O) groups excluding carboxylic acids is 1. The summed E-state index contributed by atoms with van der Waals surface area (Å²) in [6.45, 7) is 3.94. The molecule has 1 fully saturated rings. The molecule has 6 heteroatoms. The maximum absolute atomic E-state index is 10.7. The molecular weight excluding hydrogens is 334 g/mol. The summed E-state index contributed by atoms with van der Waals surface area (Å²) in [5, 5.41) is 4.93. The van der Waals surface area contributed by atoms with Crippen LogP contribution in [0.2, 0.25) is 0 Å². The van der Waals surface area contributed by atoms with Gasteiger partial charge in [-0.3, -0.25) is 4.84 Å². The lowest BCUT2D eigenvalue weighted by Gasteiger charge is -2.09. The number of aromatic nitrogens is 1. The zero-order valence-corrected chi connectivity index (χ0v) is 15.4. The molecule has 1 aromatic heterocycles. The third-order valence-electron chi connectivity index (χ3n) is 4.58. The van der Waals surface area contributed by atoms with E-state index in [0.29, 0.717) is 11.6 Å². The van der Waals surface area contributed by atoms with Gasteiger partial charge in [0.25, 0.3) is 0 Å². The van der Waals surface area contributed by atoms with Crippen molar-refractivity contribution in [2.75, 3.05) is 0 Å². The van der Waals surface area contributed by atoms with Crippen molar-refractivity contribution in [2.24, 2.45) is 10.9 Å². The van der Waals surface area contributed by atoms with Gasteiger partial charge in [0.2, 0.25) is 0 Å². The number of primary amides is 1. The van der Waals surface area contributed by atoms with Gasteiger partial charge in [-0.05, 0) is 37.3 Å². The highest BCUT2D eigenvalue weighted by Gasteiger charge is 2.24. The fourth-order valence-corrected chi connectivity index (χ4v) is 4.34. The normalized spacial score (nSPS) is 15.5. The van der Waals surface area contributed by atoms with Crippen molar-refractivity contribution in [3.8, 4) is 10.4 Å². The second kappa shape index (κ2) is 7.78. The van der Waals surface area contributed by atoms with Crippen LogP contribution in [0.4, 0.5) is 4.79 Å². The highest BCUT2D eigenvalue weighted by atomic mass is 32.1. The zero-order valence-electron chi connectivity index (χ0n) is 14.6. The van der Waals surface area contributed by atoms with Crippen LogP contribution in [-0.4, -0.2) is 16.8 Å². The van der Waals surface area contributed by atoms with Gasteiger partial charge >= 0.3 is 6.09 Å². The Morgan fingerprint density at radius 3 is 2.60 bits per heavy atom. The van der Waals surface area contributed by atoms with E-state index in [0.717, 1.165) is 12.0 Å². The highest BCUT2D eigenvalue weighted by molar-refractivity contribution is 7.15. The van der Waals surface area contributed by atoms with E-state index < -0.39 is 6.09 Å². The predicted octanol–water partition coefficient (Wildman–Crippen LogP) is 4.85. The number of rotatable bonds is 5. The third kappa shape index (κ3) is 4.07. The number of oxime groups is 1. The van der Waals surface area contributed by atoms with E-state index in [1.54, 1.807) is 18.3 Å². The van der Waals surface area contributed by atoms with Crippen molar-refractivity contribution < 1.29 is 9.63 Å². The van der Waals surface area contributed by atoms with Crippen molar-refractivity contribution in [1.82, 2.24) is 4.98 Å². The molecule has 0 bridgehead atoms. The molecule has 0 atom stereocenters. The largest absolute Gasteiger partial charge is 0.430 e. The minimum Gasteiger partial charge on any atom is -0.333 e. The van der Waals surface area contributed by atoms with Crippen LogP contribution in [0.25, 0.3) is 10.4 Å². The van der Waals surface area contributed by atoms with Crippen LogP contribution in [-0.2, 0) is 11.3 Å². The number of hydrogen-bond acceptors (Lipinski definition) is 5.